The second kappa shape index (κ2) is 8.41. The summed E-state index contributed by atoms with van der Waals surface area (Å²) in [6.45, 7) is 0.595. The average Bonchev–Trinajstić information content (AvgIpc) is 2.45. The predicted octanol–water partition coefficient (Wildman–Crippen LogP) is 2.26. The summed E-state index contributed by atoms with van der Waals surface area (Å²) in [5, 5.41) is 8.99. The lowest BCUT2D eigenvalue weighted by Crippen LogP contribution is -1.95. The van der Waals surface area contributed by atoms with Crippen LogP contribution in [0.2, 0.25) is 0 Å². The van der Waals surface area contributed by atoms with E-state index in [0.717, 1.165) is 16.9 Å². The smallest absolute Gasteiger partial charge is 0.261 e. The van der Waals surface area contributed by atoms with Gasteiger partial charge >= 0.3 is 0 Å². The van der Waals surface area contributed by atoms with Crippen LogP contribution in [0.4, 0.5) is 0 Å². The number of hydrogen-bond donors (Lipinski definition) is 2. The number of aliphatic hydroxyl groups excluding tert-OH is 1. The molecule has 0 amide bonds. The summed E-state index contributed by atoms with van der Waals surface area (Å²) in [4.78, 5) is 0. The van der Waals surface area contributed by atoms with Gasteiger partial charge in [0.25, 0.3) is 10.1 Å². The average molecular weight is 310 g/mol. The Balaban J connectivity index is 0.000000383. The highest BCUT2D eigenvalue weighted by Crippen LogP contribution is 2.15. The molecule has 0 atom stereocenters. The zero-order valence-corrected chi connectivity index (χ0v) is 12.5. The van der Waals surface area contributed by atoms with Crippen molar-refractivity contribution < 1.29 is 22.8 Å². The van der Waals surface area contributed by atoms with Gasteiger partial charge < -0.3 is 9.84 Å². The predicted molar refractivity (Wildman–Crippen MR) is 80.6 cm³/mol. The van der Waals surface area contributed by atoms with Gasteiger partial charge in [-0.25, -0.2) is 0 Å². The van der Waals surface area contributed by atoms with Crippen LogP contribution in [0.25, 0.3) is 0 Å². The lowest BCUT2D eigenvalue weighted by atomic mass is 10.2. The monoisotopic (exact) mass is 310 g/mol. The van der Waals surface area contributed by atoms with Crippen LogP contribution in [0.5, 0.6) is 5.75 Å². The standard InChI is InChI=1S/C14H14O2.CH4O3S/c15-10-13-7-4-8-14(9-13)16-11-12-5-2-1-3-6-12;1-5(2,3)4/h1-9,15H,10-11H2;1H3,(H,2,3,4). The normalized spacial score (nSPS) is 10.4. The van der Waals surface area contributed by atoms with Gasteiger partial charge in [-0.1, -0.05) is 42.5 Å². The van der Waals surface area contributed by atoms with Crippen LogP contribution in [0, 0.1) is 0 Å². The van der Waals surface area contributed by atoms with Gasteiger partial charge in [-0.3, -0.25) is 4.55 Å². The first kappa shape index (κ1) is 17.2. The molecule has 2 N–H and O–H groups in total. The fourth-order valence-corrected chi connectivity index (χ4v) is 1.47. The van der Waals surface area contributed by atoms with Crippen molar-refractivity contribution in [2.24, 2.45) is 0 Å². The summed E-state index contributed by atoms with van der Waals surface area (Å²) in [6, 6.07) is 17.5. The number of aliphatic hydroxyl groups is 1. The van der Waals surface area contributed by atoms with E-state index < -0.39 is 10.1 Å². The van der Waals surface area contributed by atoms with Gasteiger partial charge in [0.05, 0.1) is 12.9 Å². The quantitative estimate of drug-likeness (QED) is 0.846. The van der Waals surface area contributed by atoms with E-state index in [1.165, 1.54) is 0 Å². The van der Waals surface area contributed by atoms with E-state index in [-0.39, 0.29) is 6.61 Å². The third kappa shape index (κ3) is 8.80. The minimum absolute atomic E-state index is 0.0442. The Labute approximate surface area is 124 Å². The minimum Gasteiger partial charge on any atom is -0.489 e. The molecule has 2 rings (SSSR count). The van der Waals surface area contributed by atoms with Gasteiger partial charge in [-0.05, 0) is 23.3 Å². The van der Waals surface area contributed by atoms with Crippen molar-refractivity contribution in [1.29, 1.82) is 0 Å². The molecule has 0 spiro atoms. The van der Waals surface area contributed by atoms with Gasteiger partial charge in [-0.2, -0.15) is 8.42 Å². The highest BCUT2D eigenvalue weighted by atomic mass is 32.2. The van der Waals surface area contributed by atoms with Crippen molar-refractivity contribution in [2.75, 3.05) is 6.26 Å². The van der Waals surface area contributed by atoms with E-state index in [4.69, 9.17) is 14.4 Å². The third-order valence-electron chi connectivity index (χ3n) is 2.33. The molecule has 0 heterocycles. The minimum atomic E-state index is -3.67. The van der Waals surface area contributed by atoms with Crippen molar-refractivity contribution in [3.63, 3.8) is 0 Å². The van der Waals surface area contributed by atoms with Crippen molar-refractivity contribution in [3.8, 4) is 5.75 Å². The Morgan fingerprint density at radius 2 is 1.57 bits per heavy atom. The molecule has 21 heavy (non-hydrogen) atoms. The summed E-state index contributed by atoms with van der Waals surface area (Å²) in [5.74, 6) is 0.787. The maximum Gasteiger partial charge on any atom is 0.261 e. The lowest BCUT2D eigenvalue weighted by molar-refractivity contribution is 0.278. The van der Waals surface area contributed by atoms with Crippen LogP contribution in [0.15, 0.2) is 54.6 Å². The highest BCUT2D eigenvalue weighted by molar-refractivity contribution is 7.85. The second-order valence-corrected chi connectivity index (χ2v) is 5.78. The Kier molecular flexibility index (Phi) is 6.87. The number of benzene rings is 2. The van der Waals surface area contributed by atoms with Gasteiger partial charge in [0, 0.05) is 0 Å². The Morgan fingerprint density at radius 1 is 1.00 bits per heavy atom. The second-order valence-electron chi connectivity index (χ2n) is 4.31. The maximum atomic E-state index is 9.19. The van der Waals surface area contributed by atoms with Crippen LogP contribution >= 0.6 is 0 Å². The molecule has 0 aromatic heterocycles. The number of rotatable bonds is 4. The van der Waals surface area contributed by atoms with Gasteiger partial charge in [0.1, 0.15) is 12.4 Å². The Hall–Kier alpha value is -1.89. The van der Waals surface area contributed by atoms with E-state index >= 15 is 0 Å². The molecule has 0 aliphatic heterocycles. The zero-order valence-electron chi connectivity index (χ0n) is 11.6. The van der Waals surface area contributed by atoms with Crippen molar-refractivity contribution in [1.82, 2.24) is 0 Å². The molecule has 0 bridgehead atoms. The number of hydrogen-bond acceptors (Lipinski definition) is 4. The van der Waals surface area contributed by atoms with Crippen molar-refractivity contribution >= 4 is 10.1 Å². The van der Waals surface area contributed by atoms with E-state index in [9.17, 15) is 8.42 Å². The first-order valence-electron chi connectivity index (χ1n) is 6.17. The van der Waals surface area contributed by atoms with Gasteiger partial charge in [-0.15, -0.1) is 0 Å². The molecule has 0 radical (unpaired) electrons. The Bertz CT molecular complexity index is 630. The largest absolute Gasteiger partial charge is 0.489 e. The van der Waals surface area contributed by atoms with Crippen LogP contribution in [-0.4, -0.2) is 24.3 Å². The van der Waals surface area contributed by atoms with E-state index in [1.54, 1.807) is 0 Å². The maximum absolute atomic E-state index is 9.19. The van der Waals surface area contributed by atoms with Gasteiger partial charge in [0.15, 0.2) is 0 Å². The van der Waals surface area contributed by atoms with Crippen molar-refractivity contribution in [3.05, 3.63) is 65.7 Å². The summed E-state index contributed by atoms with van der Waals surface area (Å²) in [5.41, 5.74) is 2.00. The summed E-state index contributed by atoms with van der Waals surface area (Å²) < 4.78 is 31.5. The fraction of sp³-hybridized carbons (Fsp3) is 0.200. The molecule has 0 aliphatic rings. The van der Waals surface area contributed by atoms with E-state index in [2.05, 4.69) is 0 Å². The SMILES string of the molecule is CS(=O)(=O)O.OCc1cccc(OCc2ccccc2)c1. The summed E-state index contributed by atoms with van der Waals surface area (Å²) >= 11 is 0. The molecule has 0 saturated carbocycles. The molecule has 6 heteroatoms. The van der Waals surface area contributed by atoms with Crippen LogP contribution in [0.3, 0.4) is 0 Å². The van der Waals surface area contributed by atoms with Crippen LogP contribution in [-0.2, 0) is 23.3 Å². The molecule has 2 aromatic carbocycles. The summed E-state index contributed by atoms with van der Waals surface area (Å²) in [6.07, 6.45) is 0.715. The Morgan fingerprint density at radius 3 is 2.14 bits per heavy atom. The molecular weight excluding hydrogens is 292 g/mol. The molecule has 5 nitrogen and oxygen atoms in total. The molecular formula is C15H18O5S. The van der Waals surface area contributed by atoms with E-state index in [1.807, 2.05) is 54.6 Å². The first-order valence-corrected chi connectivity index (χ1v) is 8.02. The van der Waals surface area contributed by atoms with E-state index in [0.29, 0.717) is 12.9 Å². The molecule has 2 aromatic rings. The van der Waals surface area contributed by atoms with Crippen LogP contribution in [0.1, 0.15) is 11.1 Å². The molecule has 0 unspecified atom stereocenters. The third-order valence-corrected chi connectivity index (χ3v) is 2.33. The molecule has 114 valence electrons. The molecule has 0 aliphatic carbocycles. The first-order chi connectivity index (χ1) is 9.88. The molecule has 0 saturated heterocycles. The number of ether oxygens (including phenoxy) is 1. The topological polar surface area (TPSA) is 83.8 Å². The van der Waals surface area contributed by atoms with Crippen LogP contribution < -0.4 is 4.74 Å². The fourth-order valence-electron chi connectivity index (χ4n) is 1.47. The van der Waals surface area contributed by atoms with Crippen molar-refractivity contribution in [2.45, 2.75) is 13.2 Å². The summed E-state index contributed by atoms with van der Waals surface area (Å²) in [7, 11) is -3.67. The zero-order chi connectivity index (χ0) is 15.7. The van der Waals surface area contributed by atoms with Gasteiger partial charge in [0.2, 0.25) is 0 Å². The lowest BCUT2D eigenvalue weighted by Gasteiger charge is -2.07. The molecule has 0 fully saturated rings. The highest BCUT2D eigenvalue weighted by Gasteiger charge is 1.96.